The number of rotatable bonds is 7. The van der Waals surface area contributed by atoms with Crippen LogP contribution in [-0.4, -0.2) is 56.8 Å². The number of para-hydroxylation sites is 1. The molecule has 1 fully saturated rings. The second-order valence-corrected chi connectivity index (χ2v) is 8.22. The van der Waals surface area contributed by atoms with Crippen molar-refractivity contribution in [2.24, 2.45) is 0 Å². The standard InChI is InChI=1S/C22H28N4O4/c1-14-21-16(15-8-5-6-9-17(15)23-21)12-18-22(29)25(13-20(28)26(14)18)11-7-3-2-4-10-19(27)24-30/h5-6,8-9,14,18,23,30H,2-4,7,10-13H2,1H3,(H,24,27)/t14-,18-/m0/s1. The Bertz CT molecular complexity index is 969. The minimum atomic E-state index is -0.443. The van der Waals surface area contributed by atoms with Gasteiger partial charge in [0, 0.05) is 36.0 Å². The molecule has 2 atom stereocenters. The van der Waals surface area contributed by atoms with Crippen molar-refractivity contribution < 1.29 is 19.6 Å². The Morgan fingerprint density at radius 1 is 1.20 bits per heavy atom. The maximum atomic E-state index is 13.2. The van der Waals surface area contributed by atoms with Gasteiger partial charge >= 0.3 is 0 Å². The molecule has 0 aliphatic carbocycles. The summed E-state index contributed by atoms with van der Waals surface area (Å²) < 4.78 is 0. The van der Waals surface area contributed by atoms with Crippen LogP contribution >= 0.6 is 0 Å². The smallest absolute Gasteiger partial charge is 0.246 e. The Hall–Kier alpha value is -2.87. The van der Waals surface area contributed by atoms with E-state index in [1.807, 2.05) is 25.1 Å². The molecule has 0 radical (unpaired) electrons. The highest BCUT2D eigenvalue weighted by atomic mass is 16.5. The van der Waals surface area contributed by atoms with Crippen molar-refractivity contribution in [1.82, 2.24) is 20.3 Å². The first-order chi connectivity index (χ1) is 14.5. The van der Waals surface area contributed by atoms with Crippen LogP contribution < -0.4 is 5.48 Å². The van der Waals surface area contributed by atoms with E-state index in [1.165, 1.54) is 0 Å². The van der Waals surface area contributed by atoms with E-state index in [-0.39, 0.29) is 30.3 Å². The summed E-state index contributed by atoms with van der Waals surface area (Å²) in [7, 11) is 0. The molecule has 2 aliphatic heterocycles. The number of carbonyl (C=O) groups is 3. The lowest BCUT2D eigenvalue weighted by Crippen LogP contribution is -2.62. The summed E-state index contributed by atoms with van der Waals surface area (Å²) in [5.41, 5.74) is 4.85. The summed E-state index contributed by atoms with van der Waals surface area (Å²) in [4.78, 5) is 44.0. The number of carbonyl (C=O) groups excluding carboxylic acids is 3. The number of H-pyrrole nitrogens is 1. The molecule has 8 nitrogen and oxygen atoms in total. The molecule has 160 valence electrons. The van der Waals surface area contributed by atoms with Gasteiger partial charge in [-0.25, -0.2) is 5.48 Å². The molecule has 0 unspecified atom stereocenters. The van der Waals surface area contributed by atoms with Gasteiger partial charge < -0.3 is 14.8 Å². The van der Waals surface area contributed by atoms with Gasteiger partial charge in [0.05, 0.1) is 12.6 Å². The molecular formula is C22H28N4O4. The number of hydrogen-bond acceptors (Lipinski definition) is 4. The predicted molar refractivity (Wildman–Crippen MR) is 111 cm³/mol. The van der Waals surface area contributed by atoms with Crippen LogP contribution in [-0.2, 0) is 20.8 Å². The van der Waals surface area contributed by atoms with E-state index in [0.29, 0.717) is 25.8 Å². The van der Waals surface area contributed by atoms with E-state index in [1.54, 1.807) is 15.3 Å². The first-order valence-corrected chi connectivity index (χ1v) is 10.6. The highest BCUT2D eigenvalue weighted by molar-refractivity contribution is 5.97. The first-order valence-electron chi connectivity index (χ1n) is 10.6. The van der Waals surface area contributed by atoms with Crippen LogP contribution in [0, 0.1) is 0 Å². The molecule has 0 spiro atoms. The molecule has 1 saturated heterocycles. The van der Waals surface area contributed by atoms with E-state index in [0.717, 1.165) is 41.4 Å². The average molecular weight is 412 g/mol. The molecule has 3 N–H and O–H groups in total. The zero-order valence-electron chi connectivity index (χ0n) is 17.2. The van der Waals surface area contributed by atoms with E-state index < -0.39 is 6.04 Å². The van der Waals surface area contributed by atoms with Crippen LogP contribution in [0.15, 0.2) is 24.3 Å². The molecule has 0 bridgehead atoms. The van der Waals surface area contributed by atoms with Crippen LogP contribution in [0.2, 0.25) is 0 Å². The number of unbranched alkanes of at least 4 members (excludes halogenated alkanes) is 3. The number of piperazine rings is 1. The monoisotopic (exact) mass is 412 g/mol. The average Bonchev–Trinajstić information content (AvgIpc) is 3.12. The molecule has 4 rings (SSSR count). The Morgan fingerprint density at radius 3 is 2.77 bits per heavy atom. The van der Waals surface area contributed by atoms with Gasteiger partial charge in [0.1, 0.15) is 6.04 Å². The molecule has 2 aromatic rings. The van der Waals surface area contributed by atoms with E-state index in [4.69, 9.17) is 5.21 Å². The minimum absolute atomic E-state index is 0.00368. The third-order valence-electron chi connectivity index (χ3n) is 6.33. The number of nitrogens with one attached hydrogen (secondary N) is 2. The topological polar surface area (TPSA) is 106 Å². The van der Waals surface area contributed by atoms with Crippen molar-refractivity contribution in [2.45, 2.75) is 57.5 Å². The number of aromatic nitrogens is 1. The molecule has 1 aromatic carbocycles. The highest BCUT2D eigenvalue weighted by Gasteiger charge is 2.45. The number of amides is 3. The zero-order chi connectivity index (χ0) is 21.3. The van der Waals surface area contributed by atoms with Crippen molar-refractivity contribution in [3.05, 3.63) is 35.5 Å². The van der Waals surface area contributed by atoms with Crippen LogP contribution in [0.1, 0.15) is 56.3 Å². The number of nitrogens with zero attached hydrogens (tertiary/aromatic N) is 2. The number of hydrogen-bond donors (Lipinski definition) is 3. The zero-order valence-corrected chi connectivity index (χ0v) is 17.2. The molecule has 1 aromatic heterocycles. The molecule has 3 heterocycles. The van der Waals surface area contributed by atoms with Gasteiger partial charge in [-0.15, -0.1) is 0 Å². The summed E-state index contributed by atoms with van der Waals surface area (Å²) in [6.07, 6.45) is 4.03. The highest BCUT2D eigenvalue weighted by Crippen LogP contribution is 2.38. The second-order valence-electron chi connectivity index (χ2n) is 8.22. The minimum Gasteiger partial charge on any atom is -0.356 e. The van der Waals surface area contributed by atoms with Gasteiger partial charge in [0.15, 0.2) is 0 Å². The SMILES string of the molecule is C[C@H]1c2[nH]c3ccccc3c2C[C@H]2C(=O)N(CCCCCCC(=O)NO)CC(=O)N21. The van der Waals surface area contributed by atoms with Gasteiger partial charge in [-0.05, 0) is 31.4 Å². The van der Waals surface area contributed by atoms with Crippen molar-refractivity contribution >= 4 is 28.6 Å². The van der Waals surface area contributed by atoms with Gasteiger partial charge in [-0.2, -0.15) is 0 Å². The Morgan fingerprint density at radius 2 is 1.97 bits per heavy atom. The Balaban J connectivity index is 1.41. The van der Waals surface area contributed by atoms with Gasteiger partial charge in [0.25, 0.3) is 0 Å². The largest absolute Gasteiger partial charge is 0.356 e. The summed E-state index contributed by atoms with van der Waals surface area (Å²) >= 11 is 0. The quantitative estimate of drug-likeness (QED) is 0.368. The fourth-order valence-corrected chi connectivity index (χ4v) is 4.81. The van der Waals surface area contributed by atoms with Crippen LogP contribution in [0.5, 0.6) is 0 Å². The van der Waals surface area contributed by atoms with Gasteiger partial charge in [-0.1, -0.05) is 31.0 Å². The number of benzene rings is 1. The van der Waals surface area contributed by atoms with Crippen LogP contribution in [0.4, 0.5) is 0 Å². The van der Waals surface area contributed by atoms with Crippen LogP contribution in [0.25, 0.3) is 10.9 Å². The Labute approximate surface area is 175 Å². The van der Waals surface area contributed by atoms with Crippen molar-refractivity contribution in [3.63, 3.8) is 0 Å². The predicted octanol–water partition coefficient (Wildman–Crippen LogP) is 2.28. The number of hydroxylamine groups is 1. The number of aromatic amines is 1. The molecule has 0 saturated carbocycles. The van der Waals surface area contributed by atoms with E-state index in [9.17, 15) is 14.4 Å². The third kappa shape index (κ3) is 3.67. The lowest BCUT2D eigenvalue weighted by Gasteiger charge is -2.46. The van der Waals surface area contributed by atoms with Crippen molar-refractivity contribution in [1.29, 1.82) is 0 Å². The first kappa shape index (κ1) is 20.4. The fraction of sp³-hybridized carbons (Fsp3) is 0.500. The van der Waals surface area contributed by atoms with Crippen molar-refractivity contribution in [3.8, 4) is 0 Å². The third-order valence-corrected chi connectivity index (χ3v) is 6.33. The van der Waals surface area contributed by atoms with E-state index in [2.05, 4.69) is 11.1 Å². The summed E-state index contributed by atoms with van der Waals surface area (Å²) in [6.45, 7) is 2.67. The summed E-state index contributed by atoms with van der Waals surface area (Å²) in [6, 6.07) is 7.48. The maximum Gasteiger partial charge on any atom is 0.246 e. The lowest BCUT2D eigenvalue weighted by atomic mass is 9.90. The summed E-state index contributed by atoms with van der Waals surface area (Å²) in [5.74, 6) is -0.358. The molecular weight excluding hydrogens is 384 g/mol. The molecule has 30 heavy (non-hydrogen) atoms. The molecule has 8 heteroatoms. The van der Waals surface area contributed by atoms with Crippen molar-refractivity contribution in [2.75, 3.05) is 13.1 Å². The van der Waals surface area contributed by atoms with Gasteiger partial charge in [0.2, 0.25) is 17.7 Å². The van der Waals surface area contributed by atoms with Gasteiger partial charge in [-0.3, -0.25) is 19.6 Å². The normalized spacial score (nSPS) is 21.0. The fourth-order valence-electron chi connectivity index (χ4n) is 4.81. The van der Waals surface area contributed by atoms with E-state index >= 15 is 0 Å². The second kappa shape index (κ2) is 8.47. The lowest BCUT2D eigenvalue weighted by molar-refractivity contribution is -0.159. The number of fused-ring (bicyclic) bond motifs is 4. The molecule has 3 amide bonds. The maximum absolute atomic E-state index is 13.2. The summed E-state index contributed by atoms with van der Waals surface area (Å²) in [5, 5.41) is 9.63. The van der Waals surface area contributed by atoms with Crippen LogP contribution in [0.3, 0.4) is 0 Å². The Kier molecular flexibility index (Phi) is 5.76. The molecule has 2 aliphatic rings.